The maximum atomic E-state index is 14.1. The highest BCUT2D eigenvalue weighted by Crippen LogP contribution is 2.16. The Bertz CT molecular complexity index is 2480. The number of rotatable bonds is 24. The van der Waals surface area contributed by atoms with Gasteiger partial charge in [-0.2, -0.15) is 0 Å². The van der Waals surface area contributed by atoms with E-state index in [4.69, 9.17) is 10.5 Å². The summed E-state index contributed by atoms with van der Waals surface area (Å²) in [4.78, 5) is 106. The maximum absolute atomic E-state index is 14.1. The fraction of sp³-hybridized carbons (Fsp3) is 0.255. The topological polar surface area (TPSA) is 264 Å². The number of esters is 1. The van der Waals surface area contributed by atoms with E-state index < -0.39 is 90.8 Å². The van der Waals surface area contributed by atoms with E-state index in [9.17, 15) is 43.5 Å². The SMILES string of the molecule is C[C@@H](O)[C@H](N)C(=O)N[C@@H](Cc1ccccc1)C(=O)N[C@@H](Cc1ccccc1)C(=O)NCC(=O)N[C@@H](Cc1ccccc1)C(=O)N[C@@H](Cc1ccccc1)C(=O)NCC(=O)Oc1ccccc1C=O. The molecule has 6 amide bonds. The largest absolute Gasteiger partial charge is 0.424 e. The van der Waals surface area contributed by atoms with Crippen LogP contribution in [0.5, 0.6) is 5.75 Å². The van der Waals surface area contributed by atoms with Crippen molar-refractivity contribution in [2.24, 2.45) is 5.73 Å². The second-order valence-corrected chi connectivity index (χ2v) is 15.9. The fourth-order valence-electron chi connectivity index (χ4n) is 6.92. The van der Waals surface area contributed by atoms with Crippen molar-refractivity contribution in [3.63, 3.8) is 0 Å². The first kappa shape index (κ1) is 51.0. The van der Waals surface area contributed by atoms with Crippen LogP contribution in [0.3, 0.4) is 0 Å². The van der Waals surface area contributed by atoms with Crippen molar-refractivity contribution < 1.29 is 48.2 Å². The molecule has 0 heterocycles. The summed E-state index contributed by atoms with van der Waals surface area (Å²) in [7, 11) is 0. The van der Waals surface area contributed by atoms with E-state index >= 15 is 0 Å². The Labute approximate surface area is 393 Å². The van der Waals surface area contributed by atoms with Gasteiger partial charge in [-0.1, -0.05) is 133 Å². The van der Waals surface area contributed by atoms with Gasteiger partial charge in [0, 0.05) is 25.7 Å². The van der Waals surface area contributed by atoms with E-state index in [0.29, 0.717) is 28.5 Å². The van der Waals surface area contributed by atoms with Crippen molar-refractivity contribution >= 4 is 47.7 Å². The summed E-state index contributed by atoms with van der Waals surface area (Å²) in [5.74, 6) is -5.37. The van der Waals surface area contributed by atoms with Gasteiger partial charge in [0.25, 0.3) is 0 Å². The molecule has 0 saturated heterocycles. The maximum Gasteiger partial charge on any atom is 0.330 e. The Hall–Kier alpha value is -8.02. The zero-order chi connectivity index (χ0) is 48.8. The Morgan fingerprint density at radius 3 is 1.26 bits per heavy atom. The van der Waals surface area contributed by atoms with Gasteiger partial charge in [-0.05, 0) is 41.3 Å². The van der Waals surface area contributed by atoms with Crippen LogP contribution in [-0.2, 0) is 59.2 Å². The summed E-state index contributed by atoms with van der Waals surface area (Å²) >= 11 is 0. The molecule has 0 bridgehead atoms. The lowest BCUT2D eigenvalue weighted by Crippen LogP contribution is -2.59. The number of hydrogen-bond acceptors (Lipinski definition) is 11. The molecule has 354 valence electrons. The number of ether oxygens (including phenoxy) is 1. The van der Waals surface area contributed by atoms with Crippen LogP contribution >= 0.6 is 0 Å². The van der Waals surface area contributed by atoms with E-state index in [-0.39, 0.29) is 37.0 Å². The van der Waals surface area contributed by atoms with Crippen molar-refractivity contribution in [3.05, 3.63) is 173 Å². The first-order chi connectivity index (χ1) is 32.8. The smallest absolute Gasteiger partial charge is 0.330 e. The Balaban J connectivity index is 1.30. The second-order valence-electron chi connectivity index (χ2n) is 15.9. The van der Waals surface area contributed by atoms with Crippen LogP contribution in [-0.4, -0.2) is 102 Å². The van der Waals surface area contributed by atoms with Gasteiger partial charge in [0.1, 0.15) is 42.5 Å². The highest BCUT2D eigenvalue weighted by Gasteiger charge is 2.31. The molecule has 0 aliphatic rings. The van der Waals surface area contributed by atoms with Crippen molar-refractivity contribution in [1.29, 1.82) is 0 Å². The normalized spacial score (nSPS) is 13.4. The third kappa shape index (κ3) is 16.4. The summed E-state index contributed by atoms with van der Waals surface area (Å²) < 4.78 is 5.28. The molecule has 5 aromatic carbocycles. The predicted molar refractivity (Wildman–Crippen MR) is 251 cm³/mol. The van der Waals surface area contributed by atoms with Crippen LogP contribution in [0, 0.1) is 0 Å². The Morgan fingerprint density at radius 1 is 0.500 bits per heavy atom. The van der Waals surface area contributed by atoms with Gasteiger partial charge in [-0.3, -0.25) is 33.6 Å². The molecular formula is C51H55N7O10. The lowest BCUT2D eigenvalue weighted by atomic mass is 10.0. The van der Waals surface area contributed by atoms with Gasteiger partial charge >= 0.3 is 5.97 Å². The molecule has 6 atom stereocenters. The number of carbonyl (C=O) groups excluding carboxylic acids is 8. The molecule has 0 fully saturated rings. The summed E-state index contributed by atoms with van der Waals surface area (Å²) in [5.41, 5.74) is 8.72. The van der Waals surface area contributed by atoms with Crippen LogP contribution < -0.4 is 42.4 Å². The number of hydrogen-bond donors (Lipinski definition) is 8. The number of aldehydes is 1. The van der Waals surface area contributed by atoms with Gasteiger partial charge in [0.2, 0.25) is 35.4 Å². The molecule has 68 heavy (non-hydrogen) atoms. The summed E-state index contributed by atoms with van der Waals surface area (Å²) in [6, 6.07) is 35.0. The minimum absolute atomic E-state index is 0.00126. The van der Waals surface area contributed by atoms with Crippen molar-refractivity contribution in [2.75, 3.05) is 13.1 Å². The molecule has 0 radical (unpaired) electrons. The number of aliphatic hydroxyl groups excluding tert-OH is 1. The summed E-state index contributed by atoms with van der Waals surface area (Å²) in [5, 5.41) is 25.7. The zero-order valence-electron chi connectivity index (χ0n) is 37.3. The van der Waals surface area contributed by atoms with Crippen molar-refractivity contribution in [3.8, 4) is 5.75 Å². The van der Waals surface area contributed by atoms with Crippen LogP contribution in [0.15, 0.2) is 146 Å². The first-order valence-corrected chi connectivity index (χ1v) is 21.9. The number of nitrogens with two attached hydrogens (primary N) is 1. The lowest BCUT2D eigenvalue weighted by molar-refractivity contribution is -0.136. The standard InChI is InChI=1S/C51H55N7O10/c1-33(60)46(52)51(67)58-42(29-37-22-12-5-13-23-37)50(66)57-39(26-34-16-6-2-7-17-34)47(63)53-30-44(61)55-41(28-36-20-10-4-11-21-36)49(65)56-40(27-35-18-8-3-9-19-35)48(64)54-31-45(62)68-43-25-15-14-24-38(43)32-59/h2-25,32-33,39-42,46,60H,26-31,52H2,1H3,(H,53,63)(H,54,64)(H,55,61)(H,56,65)(H,57,66)(H,58,67)/t33-,39+,40+,41+,42+,46+/m1/s1. The highest BCUT2D eigenvalue weighted by molar-refractivity contribution is 5.96. The monoisotopic (exact) mass is 925 g/mol. The Morgan fingerprint density at radius 2 is 0.853 bits per heavy atom. The number of amides is 6. The van der Waals surface area contributed by atoms with Gasteiger partial charge in [-0.25, -0.2) is 4.79 Å². The first-order valence-electron chi connectivity index (χ1n) is 21.9. The molecule has 0 spiro atoms. The molecule has 5 aromatic rings. The van der Waals surface area contributed by atoms with Gasteiger partial charge in [0.15, 0.2) is 6.29 Å². The highest BCUT2D eigenvalue weighted by atomic mass is 16.5. The van der Waals surface area contributed by atoms with E-state index in [1.54, 1.807) is 133 Å². The fourth-order valence-corrected chi connectivity index (χ4v) is 6.92. The minimum Gasteiger partial charge on any atom is -0.424 e. The molecule has 17 heteroatoms. The number of para-hydroxylation sites is 1. The van der Waals surface area contributed by atoms with Gasteiger partial charge in [-0.15, -0.1) is 0 Å². The molecule has 9 N–H and O–H groups in total. The number of carbonyl (C=O) groups is 8. The predicted octanol–water partition coefficient (Wildman–Crippen LogP) is 1.26. The van der Waals surface area contributed by atoms with Crippen LogP contribution in [0.4, 0.5) is 0 Å². The van der Waals surface area contributed by atoms with Gasteiger partial charge in [0.05, 0.1) is 18.2 Å². The molecule has 0 aromatic heterocycles. The quantitative estimate of drug-likeness (QED) is 0.0248. The van der Waals surface area contributed by atoms with Crippen molar-refractivity contribution in [1.82, 2.24) is 31.9 Å². The molecule has 0 aliphatic carbocycles. The summed E-state index contributed by atoms with van der Waals surface area (Å²) in [6.45, 7) is 0.117. The number of benzene rings is 5. The third-order valence-corrected chi connectivity index (χ3v) is 10.6. The van der Waals surface area contributed by atoms with E-state index in [1.165, 1.54) is 19.1 Å². The molecule has 5 rings (SSSR count). The molecule has 17 nitrogen and oxygen atoms in total. The lowest BCUT2D eigenvalue weighted by Gasteiger charge is -2.25. The molecule has 0 unspecified atom stereocenters. The van der Waals surface area contributed by atoms with Crippen LogP contribution in [0.25, 0.3) is 0 Å². The van der Waals surface area contributed by atoms with Gasteiger partial charge < -0.3 is 47.5 Å². The third-order valence-electron chi connectivity index (χ3n) is 10.6. The van der Waals surface area contributed by atoms with E-state index in [0.717, 1.165) is 0 Å². The molecule has 0 aliphatic heterocycles. The Kier molecular flexibility index (Phi) is 19.6. The van der Waals surface area contributed by atoms with E-state index in [1.807, 2.05) is 0 Å². The summed E-state index contributed by atoms with van der Waals surface area (Å²) in [6.07, 6.45) is -0.686. The van der Waals surface area contributed by atoms with E-state index in [2.05, 4.69) is 31.9 Å². The molecular weight excluding hydrogens is 871 g/mol. The zero-order valence-corrected chi connectivity index (χ0v) is 37.3. The average molecular weight is 926 g/mol. The number of nitrogens with one attached hydrogen (secondary N) is 6. The second kappa shape index (κ2) is 26.2. The minimum atomic E-state index is -1.33. The molecule has 0 saturated carbocycles. The van der Waals surface area contributed by atoms with Crippen LogP contribution in [0.1, 0.15) is 39.5 Å². The average Bonchev–Trinajstić information content (AvgIpc) is 3.35. The van der Waals surface area contributed by atoms with Crippen LogP contribution in [0.2, 0.25) is 0 Å². The number of aliphatic hydroxyl groups is 1. The van der Waals surface area contributed by atoms with Crippen molar-refractivity contribution in [2.45, 2.75) is 68.9 Å².